The van der Waals surface area contributed by atoms with Crippen molar-refractivity contribution in [2.45, 2.75) is 18.8 Å². The van der Waals surface area contributed by atoms with Crippen molar-refractivity contribution in [1.29, 1.82) is 0 Å². The second kappa shape index (κ2) is 8.48. The average Bonchev–Trinajstić information content (AvgIpc) is 3.24. The number of carbonyl (C=O) groups is 1. The normalized spacial score (nSPS) is 20.6. The number of piperazine rings is 1. The van der Waals surface area contributed by atoms with Crippen LogP contribution in [0.2, 0.25) is 0 Å². The van der Waals surface area contributed by atoms with Gasteiger partial charge in [0.1, 0.15) is 5.82 Å². The quantitative estimate of drug-likeness (QED) is 0.727. The van der Waals surface area contributed by atoms with Crippen LogP contribution in [0.15, 0.2) is 54.6 Å². The Balaban J connectivity index is 1.16. The minimum Gasteiger partial charge on any atom is -0.368 e. The Bertz CT molecular complexity index is 960. The summed E-state index contributed by atoms with van der Waals surface area (Å²) in [4.78, 5) is 27.9. The molecule has 0 radical (unpaired) electrons. The van der Waals surface area contributed by atoms with Gasteiger partial charge in [0.2, 0.25) is 5.91 Å². The topological polar surface area (TPSA) is 55.5 Å². The van der Waals surface area contributed by atoms with Gasteiger partial charge in [0, 0.05) is 44.3 Å². The highest BCUT2D eigenvalue weighted by molar-refractivity contribution is 5.78. The van der Waals surface area contributed by atoms with E-state index in [1.807, 2.05) is 23.1 Å². The molecule has 2 fully saturated rings. The third-order valence-electron chi connectivity index (χ3n) is 6.41. The number of piperidine rings is 1. The summed E-state index contributed by atoms with van der Waals surface area (Å²) < 4.78 is 0. The molecule has 30 heavy (non-hydrogen) atoms. The lowest BCUT2D eigenvalue weighted by molar-refractivity contribution is -0.133. The number of rotatable bonds is 4. The molecule has 1 amide bonds. The molecule has 2 saturated heterocycles. The van der Waals surface area contributed by atoms with Crippen molar-refractivity contribution in [3.63, 3.8) is 0 Å². The summed E-state index contributed by atoms with van der Waals surface area (Å²) in [6, 6.07) is 18.7. The molecule has 3 aromatic rings. The van der Waals surface area contributed by atoms with Crippen molar-refractivity contribution in [3.8, 4) is 0 Å². The van der Waals surface area contributed by atoms with Gasteiger partial charge in [0.25, 0.3) is 0 Å². The van der Waals surface area contributed by atoms with Gasteiger partial charge in [0.05, 0.1) is 17.6 Å². The van der Waals surface area contributed by atoms with E-state index in [2.05, 4.69) is 51.2 Å². The van der Waals surface area contributed by atoms with Gasteiger partial charge in [-0.05, 0) is 43.7 Å². The van der Waals surface area contributed by atoms with Gasteiger partial charge in [0.15, 0.2) is 0 Å². The molecule has 2 aromatic carbocycles. The van der Waals surface area contributed by atoms with Crippen LogP contribution in [0.4, 0.5) is 5.69 Å². The molecule has 0 aliphatic carbocycles. The van der Waals surface area contributed by atoms with Gasteiger partial charge in [-0.2, -0.15) is 0 Å². The van der Waals surface area contributed by atoms with Gasteiger partial charge in [-0.3, -0.25) is 9.69 Å². The molecule has 1 unspecified atom stereocenters. The fraction of sp³-hybridized carbons (Fsp3) is 0.417. The SMILES string of the molecule is O=C(CN1CCCC(c2nc3ccccc3[nH]2)C1)N1CCN(c2ccccc2)CC1. The Labute approximate surface area is 177 Å². The highest BCUT2D eigenvalue weighted by Gasteiger charge is 2.27. The van der Waals surface area contributed by atoms with Crippen molar-refractivity contribution < 1.29 is 4.79 Å². The molecule has 1 atom stereocenters. The Morgan fingerprint density at radius 2 is 1.73 bits per heavy atom. The number of hydrogen-bond donors (Lipinski definition) is 1. The molecule has 0 saturated carbocycles. The van der Waals surface area contributed by atoms with Gasteiger partial charge < -0.3 is 14.8 Å². The maximum absolute atomic E-state index is 12.9. The van der Waals surface area contributed by atoms with E-state index in [4.69, 9.17) is 4.98 Å². The van der Waals surface area contributed by atoms with Crippen LogP contribution >= 0.6 is 0 Å². The first-order chi connectivity index (χ1) is 14.8. The van der Waals surface area contributed by atoms with Crippen molar-refractivity contribution in [3.05, 3.63) is 60.4 Å². The van der Waals surface area contributed by atoms with Crippen molar-refractivity contribution in [2.75, 3.05) is 50.7 Å². The second-order valence-corrected chi connectivity index (χ2v) is 8.42. The molecule has 2 aliphatic heterocycles. The van der Waals surface area contributed by atoms with Crippen LogP contribution < -0.4 is 4.90 Å². The molecule has 6 heteroatoms. The largest absolute Gasteiger partial charge is 0.368 e. The highest BCUT2D eigenvalue weighted by atomic mass is 16.2. The van der Waals surface area contributed by atoms with Crippen LogP contribution in [-0.2, 0) is 4.79 Å². The first-order valence-corrected chi connectivity index (χ1v) is 11.0. The van der Waals surface area contributed by atoms with E-state index < -0.39 is 0 Å². The average molecular weight is 404 g/mol. The lowest BCUT2D eigenvalue weighted by atomic mass is 9.97. The zero-order valence-corrected chi connectivity index (χ0v) is 17.3. The number of imidazole rings is 1. The Morgan fingerprint density at radius 3 is 2.53 bits per heavy atom. The number of aromatic amines is 1. The maximum Gasteiger partial charge on any atom is 0.236 e. The monoisotopic (exact) mass is 403 g/mol. The second-order valence-electron chi connectivity index (χ2n) is 8.42. The van der Waals surface area contributed by atoms with Crippen LogP contribution in [0.1, 0.15) is 24.6 Å². The number of amides is 1. The summed E-state index contributed by atoms with van der Waals surface area (Å²) in [5.74, 6) is 1.69. The fourth-order valence-corrected chi connectivity index (χ4v) is 4.73. The Hall–Kier alpha value is -2.86. The van der Waals surface area contributed by atoms with Crippen molar-refractivity contribution >= 4 is 22.6 Å². The van der Waals surface area contributed by atoms with E-state index in [0.29, 0.717) is 12.5 Å². The number of benzene rings is 2. The summed E-state index contributed by atoms with van der Waals surface area (Å²) >= 11 is 0. The molecular weight excluding hydrogens is 374 g/mol. The Morgan fingerprint density at radius 1 is 0.967 bits per heavy atom. The van der Waals surface area contributed by atoms with Crippen molar-refractivity contribution in [2.24, 2.45) is 0 Å². The molecular formula is C24H29N5O. The number of anilines is 1. The van der Waals surface area contributed by atoms with E-state index in [1.165, 1.54) is 5.69 Å². The van der Waals surface area contributed by atoms with E-state index >= 15 is 0 Å². The lowest BCUT2D eigenvalue weighted by Gasteiger charge is -2.38. The molecule has 156 valence electrons. The summed E-state index contributed by atoms with van der Waals surface area (Å²) in [5.41, 5.74) is 3.36. The minimum atomic E-state index is 0.257. The smallest absolute Gasteiger partial charge is 0.236 e. The number of hydrogen-bond acceptors (Lipinski definition) is 4. The molecule has 0 bridgehead atoms. The number of H-pyrrole nitrogens is 1. The number of nitrogens with zero attached hydrogens (tertiary/aromatic N) is 4. The molecule has 6 nitrogen and oxygen atoms in total. The zero-order valence-electron chi connectivity index (χ0n) is 17.3. The number of likely N-dealkylation sites (tertiary alicyclic amines) is 1. The third-order valence-corrected chi connectivity index (χ3v) is 6.41. The van der Waals surface area contributed by atoms with E-state index in [-0.39, 0.29) is 5.91 Å². The summed E-state index contributed by atoms with van der Waals surface area (Å²) in [7, 11) is 0. The van der Waals surface area contributed by atoms with Gasteiger partial charge in [-0.25, -0.2) is 4.98 Å². The molecule has 3 heterocycles. The Kier molecular flexibility index (Phi) is 5.41. The number of fused-ring (bicyclic) bond motifs is 1. The van der Waals surface area contributed by atoms with Crippen LogP contribution in [0.3, 0.4) is 0 Å². The van der Waals surface area contributed by atoms with Crippen LogP contribution in [0, 0.1) is 0 Å². The number of aromatic nitrogens is 2. The molecule has 1 N–H and O–H groups in total. The van der Waals surface area contributed by atoms with Crippen LogP contribution in [0.25, 0.3) is 11.0 Å². The first kappa shape index (κ1) is 19.1. The van der Waals surface area contributed by atoms with E-state index in [9.17, 15) is 4.79 Å². The van der Waals surface area contributed by atoms with Crippen LogP contribution in [-0.4, -0.2) is 71.5 Å². The molecule has 5 rings (SSSR count). The predicted molar refractivity (Wildman–Crippen MR) is 120 cm³/mol. The number of para-hydroxylation sites is 3. The maximum atomic E-state index is 12.9. The minimum absolute atomic E-state index is 0.257. The van der Waals surface area contributed by atoms with Crippen molar-refractivity contribution in [1.82, 2.24) is 19.8 Å². The van der Waals surface area contributed by atoms with E-state index in [0.717, 1.165) is 69.0 Å². The third kappa shape index (κ3) is 4.05. The first-order valence-electron chi connectivity index (χ1n) is 11.0. The highest BCUT2D eigenvalue weighted by Crippen LogP contribution is 2.26. The molecule has 2 aliphatic rings. The fourth-order valence-electron chi connectivity index (χ4n) is 4.73. The van der Waals surface area contributed by atoms with Crippen LogP contribution in [0.5, 0.6) is 0 Å². The molecule has 1 aromatic heterocycles. The zero-order chi connectivity index (χ0) is 20.3. The number of carbonyl (C=O) groups excluding carboxylic acids is 1. The van der Waals surface area contributed by atoms with Gasteiger partial charge in [-0.15, -0.1) is 0 Å². The summed E-state index contributed by atoms with van der Waals surface area (Å²) in [6.45, 7) is 5.81. The lowest BCUT2D eigenvalue weighted by Crippen LogP contribution is -2.52. The number of nitrogens with one attached hydrogen (secondary N) is 1. The van der Waals surface area contributed by atoms with Gasteiger partial charge >= 0.3 is 0 Å². The summed E-state index contributed by atoms with van der Waals surface area (Å²) in [6.07, 6.45) is 2.23. The van der Waals surface area contributed by atoms with E-state index in [1.54, 1.807) is 0 Å². The van der Waals surface area contributed by atoms with Gasteiger partial charge in [-0.1, -0.05) is 30.3 Å². The molecule has 0 spiro atoms. The predicted octanol–water partition coefficient (Wildman–Crippen LogP) is 3.09. The standard InChI is InChI=1S/C24H29N5O/c30-23(29-15-13-28(14-16-29)20-8-2-1-3-9-20)18-27-12-6-7-19(17-27)24-25-21-10-4-5-11-22(21)26-24/h1-5,8-11,19H,6-7,12-18H2,(H,25,26). The summed E-state index contributed by atoms with van der Waals surface area (Å²) in [5, 5.41) is 0.